The summed E-state index contributed by atoms with van der Waals surface area (Å²) in [6.07, 6.45) is 18.8. The zero-order valence-electron chi connectivity index (χ0n) is 13.1. The minimum Gasteiger partial charge on any atom is -0.0620 e. The number of hydrogen-bond acceptors (Lipinski definition) is 0. The van der Waals surface area contributed by atoms with Crippen LogP contribution in [0.15, 0.2) is 84.0 Å². The lowest BCUT2D eigenvalue weighted by atomic mass is 9.67. The molecule has 4 bridgehead atoms. The maximum Gasteiger partial charge on any atom is 0.0155 e. The molecule has 3 aliphatic carbocycles. The van der Waals surface area contributed by atoms with Gasteiger partial charge in [-0.1, -0.05) is 86.7 Å². The quantitative estimate of drug-likeness (QED) is 0.522. The summed E-state index contributed by atoms with van der Waals surface area (Å²) in [6, 6.07) is 8.83. The van der Waals surface area contributed by atoms with Crippen LogP contribution in [0, 0.1) is 5.41 Å². The maximum absolute atomic E-state index is 2.35. The van der Waals surface area contributed by atoms with E-state index in [1.807, 2.05) is 0 Å². The second kappa shape index (κ2) is 4.84. The third-order valence-electron chi connectivity index (χ3n) is 4.98. The standard InChI is InChI=1S/C22H20/c1-22(2)20-13-7-8-14-21(22)19-12-6-5-11-18(19)16-9-3-4-10-17(20)15-16/h3-14H,15H2,1-2H3. The molecule has 0 unspecified atom stereocenters. The van der Waals surface area contributed by atoms with Crippen molar-refractivity contribution in [2.75, 3.05) is 0 Å². The zero-order valence-corrected chi connectivity index (χ0v) is 13.1. The Bertz CT molecular complexity index is 817. The molecule has 0 radical (unpaired) electrons. The average molecular weight is 284 g/mol. The predicted octanol–water partition coefficient (Wildman–Crippen LogP) is 5.88. The summed E-state index contributed by atoms with van der Waals surface area (Å²) in [7, 11) is 0. The van der Waals surface area contributed by atoms with Crippen LogP contribution in [0.4, 0.5) is 0 Å². The van der Waals surface area contributed by atoms with Gasteiger partial charge >= 0.3 is 0 Å². The number of hydrogen-bond donors (Lipinski definition) is 0. The number of fused-ring (bicyclic) bond motifs is 8. The molecule has 0 aliphatic heterocycles. The first-order valence-electron chi connectivity index (χ1n) is 7.94. The highest BCUT2D eigenvalue weighted by Crippen LogP contribution is 2.50. The van der Waals surface area contributed by atoms with Gasteiger partial charge in [0.25, 0.3) is 0 Å². The molecular weight excluding hydrogens is 264 g/mol. The Morgan fingerprint density at radius 1 is 0.682 bits per heavy atom. The van der Waals surface area contributed by atoms with Crippen LogP contribution in [0.1, 0.15) is 31.4 Å². The van der Waals surface area contributed by atoms with Crippen molar-refractivity contribution in [3.05, 3.63) is 95.1 Å². The summed E-state index contributed by atoms with van der Waals surface area (Å²) in [5, 5.41) is 0. The topological polar surface area (TPSA) is 0 Å². The first-order chi connectivity index (χ1) is 10.7. The van der Waals surface area contributed by atoms with Crippen molar-refractivity contribution >= 4 is 11.1 Å². The molecule has 4 rings (SSSR count). The lowest BCUT2D eigenvalue weighted by molar-refractivity contribution is 0.606. The second-order valence-corrected chi connectivity index (χ2v) is 6.66. The molecule has 0 N–H and O–H groups in total. The van der Waals surface area contributed by atoms with Gasteiger partial charge < -0.3 is 0 Å². The summed E-state index contributed by atoms with van der Waals surface area (Å²) in [5.41, 5.74) is 8.41. The van der Waals surface area contributed by atoms with Crippen LogP contribution < -0.4 is 0 Å². The molecule has 3 aliphatic rings. The maximum atomic E-state index is 2.35. The van der Waals surface area contributed by atoms with Gasteiger partial charge in [0.15, 0.2) is 0 Å². The average Bonchev–Trinajstić information content (AvgIpc) is 2.84. The molecule has 0 heteroatoms. The molecule has 0 saturated carbocycles. The van der Waals surface area contributed by atoms with Crippen molar-refractivity contribution in [2.45, 2.75) is 20.3 Å². The van der Waals surface area contributed by atoms with E-state index in [4.69, 9.17) is 0 Å². The summed E-state index contributed by atoms with van der Waals surface area (Å²) in [4.78, 5) is 0. The Labute approximate surface area is 132 Å². The number of allylic oxidation sites excluding steroid dienone is 12. The predicted molar refractivity (Wildman–Crippen MR) is 95.2 cm³/mol. The Morgan fingerprint density at radius 3 is 2.05 bits per heavy atom. The van der Waals surface area contributed by atoms with E-state index in [0.717, 1.165) is 6.42 Å². The first kappa shape index (κ1) is 13.3. The molecule has 1 aromatic rings. The van der Waals surface area contributed by atoms with Crippen molar-refractivity contribution in [2.24, 2.45) is 5.41 Å². The fraction of sp³-hybridized carbons (Fsp3) is 0.182. The van der Waals surface area contributed by atoms with E-state index in [1.54, 1.807) is 0 Å². The first-order valence-corrected chi connectivity index (χ1v) is 7.94. The van der Waals surface area contributed by atoms with Crippen molar-refractivity contribution in [3.8, 4) is 0 Å². The Morgan fingerprint density at radius 2 is 1.27 bits per heavy atom. The molecule has 108 valence electrons. The SMILES string of the molecule is CC1(C)C2=CC=CC=C1c1ccccc1C1=CC=CC=C2C1. The molecule has 0 heterocycles. The van der Waals surface area contributed by atoms with Gasteiger partial charge in [0.05, 0.1) is 0 Å². The minimum atomic E-state index is 0.00907. The monoisotopic (exact) mass is 284 g/mol. The van der Waals surface area contributed by atoms with E-state index in [0.29, 0.717) is 0 Å². The molecule has 1 aromatic carbocycles. The second-order valence-electron chi connectivity index (χ2n) is 6.66. The largest absolute Gasteiger partial charge is 0.0620 e. The van der Waals surface area contributed by atoms with Gasteiger partial charge in [-0.05, 0) is 39.8 Å². The van der Waals surface area contributed by atoms with Crippen molar-refractivity contribution in [3.63, 3.8) is 0 Å². The highest BCUT2D eigenvalue weighted by Gasteiger charge is 2.34. The Balaban J connectivity index is 2.12. The van der Waals surface area contributed by atoms with Crippen LogP contribution in [-0.2, 0) is 0 Å². The number of rotatable bonds is 0. The minimum absolute atomic E-state index is 0.00907. The number of benzene rings is 1. The molecule has 0 saturated heterocycles. The van der Waals surface area contributed by atoms with Gasteiger partial charge in [-0.25, -0.2) is 0 Å². The third kappa shape index (κ3) is 1.91. The summed E-state index contributed by atoms with van der Waals surface area (Å²) in [6.45, 7) is 4.69. The fourth-order valence-electron chi connectivity index (χ4n) is 3.83. The van der Waals surface area contributed by atoms with Crippen LogP contribution in [0.5, 0.6) is 0 Å². The molecule has 22 heavy (non-hydrogen) atoms. The van der Waals surface area contributed by atoms with Crippen molar-refractivity contribution in [1.82, 2.24) is 0 Å². The summed E-state index contributed by atoms with van der Waals surface area (Å²) in [5.74, 6) is 0. The van der Waals surface area contributed by atoms with Crippen LogP contribution in [0.3, 0.4) is 0 Å². The van der Waals surface area contributed by atoms with Gasteiger partial charge in [0.1, 0.15) is 0 Å². The van der Waals surface area contributed by atoms with E-state index in [9.17, 15) is 0 Å². The molecule has 0 fully saturated rings. The zero-order chi connectivity index (χ0) is 15.2. The lowest BCUT2D eigenvalue weighted by Crippen LogP contribution is -2.21. The van der Waals surface area contributed by atoms with Gasteiger partial charge in [-0.3, -0.25) is 0 Å². The normalized spacial score (nSPS) is 21.2. The smallest absolute Gasteiger partial charge is 0.0155 e. The molecule has 0 atom stereocenters. The molecule has 0 aromatic heterocycles. The molecule has 0 spiro atoms. The van der Waals surface area contributed by atoms with Gasteiger partial charge in [0.2, 0.25) is 0 Å². The highest BCUT2D eigenvalue weighted by atomic mass is 14.4. The van der Waals surface area contributed by atoms with E-state index in [2.05, 4.69) is 86.7 Å². The highest BCUT2D eigenvalue weighted by molar-refractivity contribution is 5.88. The van der Waals surface area contributed by atoms with Gasteiger partial charge in [-0.2, -0.15) is 0 Å². The van der Waals surface area contributed by atoms with Gasteiger partial charge in [0, 0.05) is 5.41 Å². The van der Waals surface area contributed by atoms with Crippen LogP contribution in [0.2, 0.25) is 0 Å². The summed E-state index contributed by atoms with van der Waals surface area (Å²) >= 11 is 0. The Hall–Kier alpha value is -2.34. The van der Waals surface area contributed by atoms with Crippen LogP contribution >= 0.6 is 0 Å². The molecule has 0 amide bonds. The van der Waals surface area contributed by atoms with E-state index >= 15 is 0 Å². The fourth-order valence-corrected chi connectivity index (χ4v) is 3.83. The van der Waals surface area contributed by atoms with Crippen LogP contribution in [0.25, 0.3) is 11.1 Å². The lowest BCUT2D eigenvalue weighted by Gasteiger charge is -2.36. The van der Waals surface area contributed by atoms with Crippen molar-refractivity contribution < 1.29 is 0 Å². The van der Waals surface area contributed by atoms with E-state index in [1.165, 1.54) is 33.4 Å². The van der Waals surface area contributed by atoms with E-state index in [-0.39, 0.29) is 5.41 Å². The van der Waals surface area contributed by atoms with Crippen molar-refractivity contribution in [1.29, 1.82) is 0 Å². The third-order valence-corrected chi connectivity index (χ3v) is 4.98. The Kier molecular flexibility index (Phi) is 2.94. The van der Waals surface area contributed by atoms with Gasteiger partial charge in [-0.15, -0.1) is 0 Å². The molecular formula is C22H20. The van der Waals surface area contributed by atoms with Crippen LogP contribution in [-0.4, -0.2) is 0 Å². The summed E-state index contributed by atoms with van der Waals surface area (Å²) < 4.78 is 0. The molecule has 0 nitrogen and oxygen atoms in total. The van der Waals surface area contributed by atoms with E-state index < -0.39 is 0 Å².